The molecule has 0 amide bonds. The van der Waals surface area contributed by atoms with E-state index in [1.54, 1.807) is 0 Å². The maximum Gasteiger partial charge on any atom is 0.131 e. The second kappa shape index (κ2) is 4.18. The molecule has 4 nitrogen and oxygen atoms in total. The van der Waals surface area contributed by atoms with Gasteiger partial charge in [0.2, 0.25) is 0 Å². The fourth-order valence-corrected chi connectivity index (χ4v) is 2.61. The van der Waals surface area contributed by atoms with Crippen LogP contribution in [0.2, 0.25) is 0 Å². The van der Waals surface area contributed by atoms with Gasteiger partial charge in [-0.15, -0.1) is 0 Å². The molecule has 88 valence electrons. The van der Waals surface area contributed by atoms with Gasteiger partial charge in [0.05, 0.1) is 5.69 Å². The van der Waals surface area contributed by atoms with E-state index in [0.717, 1.165) is 50.2 Å². The van der Waals surface area contributed by atoms with Crippen LogP contribution in [0.1, 0.15) is 56.0 Å². The van der Waals surface area contributed by atoms with E-state index in [2.05, 4.69) is 4.98 Å². The van der Waals surface area contributed by atoms with Gasteiger partial charge in [0.25, 0.3) is 0 Å². The summed E-state index contributed by atoms with van der Waals surface area (Å²) in [6, 6.07) is 0. The molecule has 2 aliphatic heterocycles. The van der Waals surface area contributed by atoms with Crippen molar-refractivity contribution in [3.8, 4) is 0 Å². The maximum atomic E-state index is 9.86. The van der Waals surface area contributed by atoms with E-state index in [9.17, 15) is 5.11 Å². The average molecular weight is 222 g/mol. The Morgan fingerprint density at radius 2 is 2.25 bits per heavy atom. The fourth-order valence-electron chi connectivity index (χ4n) is 2.61. The van der Waals surface area contributed by atoms with E-state index in [-0.39, 0.29) is 12.3 Å². The van der Waals surface area contributed by atoms with Crippen LogP contribution < -0.4 is 0 Å². The summed E-state index contributed by atoms with van der Waals surface area (Å²) >= 11 is 0. The van der Waals surface area contributed by atoms with Crippen LogP contribution in [-0.2, 0) is 11.2 Å². The number of rotatable bonds is 1. The molecule has 16 heavy (non-hydrogen) atoms. The first-order valence-corrected chi connectivity index (χ1v) is 6.22. The van der Waals surface area contributed by atoms with Gasteiger partial charge in [0.1, 0.15) is 18.2 Å². The first kappa shape index (κ1) is 10.3. The van der Waals surface area contributed by atoms with E-state index in [1.165, 1.54) is 6.42 Å². The third-order valence-corrected chi connectivity index (χ3v) is 3.52. The van der Waals surface area contributed by atoms with Crippen LogP contribution in [0.5, 0.6) is 0 Å². The van der Waals surface area contributed by atoms with Gasteiger partial charge in [-0.2, -0.15) is 0 Å². The Kier molecular flexibility index (Phi) is 2.69. The summed E-state index contributed by atoms with van der Waals surface area (Å²) in [6.45, 7) is 0.843. The van der Waals surface area contributed by atoms with Crippen LogP contribution in [-0.4, -0.2) is 21.3 Å². The highest BCUT2D eigenvalue weighted by molar-refractivity contribution is 5.10. The zero-order chi connectivity index (χ0) is 11.0. The van der Waals surface area contributed by atoms with Crippen LogP contribution in [0, 0.1) is 0 Å². The second-order valence-electron chi connectivity index (χ2n) is 4.72. The predicted molar refractivity (Wildman–Crippen MR) is 59.0 cm³/mol. The van der Waals surface area contributed by atoms with Crippen LogP contribution in [0.4, 0.5) is 0 Å². The summed E-state index contributed by atoms with van der Waals surface area (Å²) in [7, 11) is 0. The molecule has 0 bridgehead atoms. The number of aliphatic hydroxyl groups is 1. The van der Waals surface area contributed by atoms with Gasteiger partial charge in [0, 0.05) is 19.2 Å². The van der Waals surface area contributed by atoms with E-state index in [4.69, 9.17) is 4.74 Å². The van der Waals surface area contributed by atoms with Crippen molar-refractivity contribution in [3.63, 3.8) is 0 Å². The van der Waals surface area contributed by atoms with Gasteiger partial charge in [-0.25, -0.2) is 4.98 Å². The molecule has 1 N–H and O–H groups in total. The highest BCUT2D eigenvalue weighted by Gasteiger charge is 2.24. The summed E-state index contributed by atoms with van der Waals surface area (Å²) in [4.78, 5) is 4.60. The first-order chi connectivity index (χ1) is 7.84. The standard InChI is InChI=1S/C12H18N2O2/c15-12-6-3-5-11-13-9(8-14(11)12)10-4-1-2-7-16-10/h8,10,12,15H,1-7H2. The third kappa shape index (κ3) is 1.76. The molecule has 1 saturated heterocycles. The Morgan fingerprint density at radius 3 is 3.00 bits per heavy atom. The highest BCUT2D eigenvalue weighted by Crippen LogP contribution is 2.30. The van der Waals surface area contributed by atoms with Crippen molar-refractivity contribution >= 4 is 0 Å². The normalized spacial score (nSPS) is 30.1. The molecule has 1 aromatic rings. The van der Waals surface area contributed by atoms with Crippen LogP contribution in [0.15, 0.2) is 6.20 Å². The zero-order valence-electron chi connectivity index (χ0n) is 9.43. The van der Waals surface area contributed by atoms with Gasteiger partial charge in [-0.05, 0) is 32.1 Å². The molecule has 2 unspecified atom stereocenters. The Morgan fingerprint density at radius 1 is 1.31 bits per heavy atom. The number of aliphatic hydroxyl groups excluding tert-OH is 1. The van der Waals surface area contributed by atoms with Gasteiger partial charge in [-0.1, -0.05) is 0 Å². The smallest absolute Gasteiger partial charge is 0.131 e. The quantitative estimate of drug-likeness (QED) is 0.790. The molecule has 2 atom stereocenters. The van der Waals surface area contributed by atoms with Gasteiger partial charge in [0.15, 0.2) is 0 Å². The molecule has 0 spiro atoms. The van der Waals surface area contributed by atoms with Crippen LogP contribution in [0.25, 0.3) is 0 Å². The number of aryl methyl sites for hydroxylation is 1. The molecule has 0 aromatic carbocycles. The van der Waals surface area contributed by atoms with Crippen LogP contribution in [0.3, 0.4) is 0 Å². The monoisotopic (exact) mass is 222 g/mol. The number of hydrogen-bond donors (Lipinski definition) is 1. The molecule has 4 heteroatoms. The van der Waals surface area contributed by atoms with E-state index in [1.807, 2.05) is 10.8 Å². The van der Waals surface area contributed by atoms with Crippen molar-refractivity contribution < 1.29 is 9.84 Å². The summed E-state index contributed by atoms with van der Waals surface area (Å²) in [5, 5.41) is 9.86. The Bertz CT molecular complexity index is 369. The topological polar surface area (TPSA) is 47.3 Å². The molecule has 3 rings (SSSR count). The predicted octanol–water partition coefficient (Wildman–Crippen LogP) is 1.95. The molecule has 0 radical (unpaired) electrons. The van der Waals surface area contributed by atoms with Crippen molar-refractivity contribution in [1.29, 1.82) is 0 Å². The Balaban J connectivity index is 1.85. The number of nitrogens with zero attached hydrogens (tertiary/aromatic N) is 2. The molecule has 0 saturated carbocycles. The molecule has 1 fully saturated rings. The third-order valence-electron chi connectivity index (χ3n) is 3.52. The number of ether oxygens (including phenoxy) is 1. The minimum atomic E-state index is -0.381. The van der Waals surface area contributed by atoms with Crippen molar-refractivity contribution in [1.82, 2.24) is 9.55 Å². The lowest BCUT2D eigenvalue weighted by molar-refractivity contribution is 0.0122. The largest absolute Gasteiger partial charge is 0.373 e. The Hall–Kier alpha value is -0.870. The van der Waals surface area contributed by atoms with Crippen molar-refractivity contribution in [2.45, 2.75) is 50.9 Å². The van der Waals surface area contributed by atoms with E-state index >= 15 is 0 Å². The molecule has 3 heterocycles. The lowest BCUT2D eigenvalue weighted by Crippen LogP contribution is -2.16. The van der Waals surface area contributed by atoms with Gasteiger partial charge in [-0.3, -0.25) is 0 Å². The summed E-state index contributed by atoms with van der Waals surface area (Å²) in [6.07, 6.45) is 8.04. The van der Waals surface area contributed by atoms with Gasteiger partial charge < -0.3 is 14.4 Å². The van der Waals surface area contributed by atoms with Crippen molar-refractivity contribution in [3.05, 3.63) is 17.7 Å². The minimum Gasteiger partial charge on any atom is -0.373 e. The fraction of sp³-hybridized carbons (Fsp3) is 0.750. The molecule has 2 aliphatic rings. The molecular weight excluding hydrogens is 204 g/mol. The lowest BCUT2D eigenvalue weighted by Gasteiger charge is -2.20. The SMILES string of the molecule is OC1CCCc2nc(C3CCCCO3)cn21. The van der Waals surface area contributed by atoms with E-state index < -0.39 is 0 Å². The summed E-state index contributed by atoms with van der Waals surface area (Å²) in [5.74, 6) is 1.02. The lowest BCUT2D eigenvalue weighted by atomic mass is 10.1. The number of aromatic nitrogens is 2. The molecular formula is C12H18N2O2. The second-order valence-corrected chi connectivity index (χ2v) is 4.72. The number of fused-ring (bicyclic) bond motifs is 1. The van der Waals surface area contributed by atoms with Crippen molar-refractivity contribution in [2.75, 3.05) is 6.61 Å². The summed E-state index contributed by atoms with van der Waals surface area (Å²) < 4.78 is 7.63. The van der Waals surface area contributed by atoms with Crippen molar-refractivity contribution in [2.24, 2.45) is 0 Å². The molecule has 1 aromatic heterocycles. The number of imidazole rings is 1. The van der Waals surface area contributed by atoms with Gasteiger partial charge >= 0.3 is 0 Å². The highest BCUT2D eigenvalue weighted by atomic mass is 16.5. The molecule has 0 aliphatic carbocycles. The van der Waals surface area contributed by atoms with E-state index in [0.29, 0.717) is 0 Å². The Labute approximate surface area is 95.3 Å². The minimum absolute atomic E-state index is 0.152. The number of hydrogen-bond acceptors (Lipinski definition) is 3. The maximum absolute atomic E-state index is 9.86. The average Bonchev–Trinajstić information content (AvgIpc) is 2.76. The summed E-state index contributed by atoms with van der Waals surface area (Å²) in [5.41, 5.74) is 1.01. The van der Waals surface area contributed by atoms with Crippen LogP contribution >= 0.6 is 0 Å². The zero-order valence-corrected chi connectivity index (χ0v) is 9.43. The first-order valence-electron chi connectivity index (χ1n) is 6.22.